The number of rotatable bonds is 10. The fraction of sp³-hybridized carbons (Fsp3) is 0.333. The molecule has 190 valence electrons. The third-order valence-corrected chi connectivity index (χ3v) is 5.75. The van der Waals surface area contributed by atoms with Gasteiger partial charge in [-0.05, 0) is 70.5 Å². The van der Waals surface area contributed by atoms with Crippen LogP contribution in [0.25, 0.3) is 11.6 Å². The maximum absolute atomic E-state index is 11.1. The number of fused-ring (bicyclic) bond motifs is 1. The highest BCUT2D eigenvalue weighted by molar-refractivity contribution is 6.20. The standard InChI is InChI=1S/C27H33N5O4/c1-17-13-18(16-32(4)5)8-9-21(17)30-26-23(27(34)35-12-11-31(2)3)24(33)22(36-26)14-19-15-29-25-20(19)7-6-10-28-25/h6-10,13-15,27,30,33-34H,11-12,16H2,1-5H3. The van der Waals surface area contributed by atoms with Gasteiger partial charge >= 0.3 is 0 Å². The first-order chi connectivity index (χ1) is 17.2. The summed E-state index contributed by atoms with van der Waals surface area (Å²) in [6, 6.07) is 9.81. The first kappa shape index (κ1) is 25.6. The van der Waals surface area contributed by atoms with Crippen molar-refractivity contribution in [1.82, 2.24) is 14.8 Å². The van der Waals surface area contributed by atoms with E-state index in [1.54, 1.807) is 18.5 Å². The average Bonchev–Trinajstić information content (AvgIpc) is 3.36. The second kappa shape index (κ2) is 11.0. The van der Waals surface area contributed by atoms with Crippen molar-refractivity contribution >= 4 is 35.3 Å². The first-order valence-corrected chi connectivity index (χ1v) is 11.8. The molecule has 0 fully saturated rings. The highest BCUT2D eigenvalue weighted by atomic mass is 16.6. The molecule has 0 saturated heterocycles. The lowest BCUT2D eigenvalue weighted by Crippen LogP contribution is -2.19. The summed E-state index contributed by atoms with van der Waals surface area (Å²) in [6.45, 7) is 3.71. The number of benzene rings is 1. The molecule has 9 heteroatoms. The third-order valence-electron chi connectivity index (χ3n) is 5.75. The highest BCUT2D eigenvalue weighted by Crippen LogP contribution is 2.42. The van der Waals surface area contributed by atoms with E-state index in [-0.39, 0.29) is 29.6 Å². The molecule has 3 heterocycles. The Hall–Kier alpha value is -3.50. The topological polar surface area (TPSA) is 107 Å². The average molecular weight is 492 g/mol. The molecule has 0 spiro atoms. The molecule has 0 saturated carbocycles. The minimum atomic E-state index is -1.39. The lowest BCUT2D eigenvalue weighted by Gasteiger charge is -2.16. The number of anilines is 2. The quantitative estimate of drug-likeness (QED) is 0.360. The number of hydrogen-bond donors (Lipinski definition) is 3. The zero-order valence-electron chi connectivity index (χ0n) is 21.3. The van der Waals surface area contributed by atoms with Crippen molar-refractivity contribution in [3.05, 3.63) is 64.5 Å². The molecule has 1 aliphatic rings. The molecular formula is C27H33N5O4. The van der Waals surface area contributed by atoms with Crippen LogP contribution in [-0.2, 0) is 11.3 Å². The number of nitrogens with zero attached hydrogens (tertiary/aromatic N) is 4. The summed E-state index contributed by atoms with van der Waals surface area (Å²) < 4.78 is 11.7. The Morgan fingerprint density at radius 1 is 1.17 bits per heavy atom. The summed E-state index contributed by atoms with van der Waals surface area (Å²) >= 11 is 0. The molecule has 2 aromatic heterocycles. The van der Waals surface area contributed by atoms with E-state index in [1.807, 2.05) is 64.3 Å². The summed E-state index contributed by atoms with van der Waals surface area (Å²) in [5.74, 6) is 0.799. The Bertz CT molecular complexity index is 1280. The largest absolute Gasteiger partial charge is 0.504 e. The Balaban J connectivity index is 1.68. The number of aromatic hydroxyl groups is 1. The van der Waals surface area contributed by atoms with Gasteiger partial charge in [0, 0.05) is 42.3 Å². The van der Waals surface area contributed by atoms with Gasteiger partial charge < -0.3 is 34.5 Å². The number of allylic oxidation sites excluding steroid dienone is 1. The number of aryl methyl sites for hydroxylation is 1. The molecule has 0 amide bonds. The second-order valence-corrected chi connectivity index (χ2v) is 9.33. The molecule has 4 rings (SSSR count). The monoisotopic (exact) mass is 491 g/mol. The summed E-state index contributed by atoms with van der Waals surface area (Å²) in [5, 5.41) is 25.2. The van der Waals surface area contributed by atoms with Gasteiger partial charge in [0.1, 0.15) is 5.56 Å². The molecule has 36 heavy (non-hydrogen) atoms. The van der Waals surface area contributed by atoms with Gasteiger partial charge in [-0.1, -0.05) is 12.1 Å². The van der Waals surface area contributed by atoms with Gasteiger partial charge in [0.15, 0.2) is 23.6 Å². The van der Waals surface area contributed by atoms with Crippen LogP contribution in [0.5, 0.6) is 5.75 Å². The lowest BCUT2D eigenvalue weighted by atomic mass is 10.1. The second-order valence-electron chi connectivity index (χ2n) is 9.33. The number of aromatic nitrogens is 1. The zero-order chi connectivity index (χ0) is 25.8. The fourth-order valence-electron chi connectivity index (χ4n) is 3.94. The fourth-order valence-corrected chi connectivity index (χ4v) is 3.94. The van der Waals surface area contributed by atoms with Crippen molar-refractivity contribution in [3.8, 4) is 5.75 Å². The van der Waals surface area contributed by atoms with Crippen LogP contribution in [0, 0.1) is 6.92 Å². The molecule has 1 unspecified atom stereocenters. The number of aliphatic hydroxyl groups is 1. The number of hydrogen-bond acceptors (Lipinski definition) is 9. The van der Waals surface area contributed by atoms with E-state index >= 15 is 0 Å². The van der Waals surface area contributed by atoms with Crippen molar-refractivity contribution < 1.29 is 19.4 Å². The number of furan rings is 1. The zero-order valence-corrected chi connectivity index (χ0v) is 21.3. The molecule has 1 aromatic carbocycles. The Morgan fingerprint density at radius 2 is 1.97 bits per heavy atom. The van der Waals surface area contributed by atoms with Crippen LogP contribution in [0.4, 0.5) is 17.4 Å². The van der Waals surface area contributed by atoms with Crippen LogP contribution in [-0.4, -0.2) is 72.6 Å². The van der Waals surface area contributed by atoms with Crippen LogP contribution < -0.4 is 5.32 Å². The maximum atomic E-state index is 11.1. The summed E-state index contributed by atoms with van der Waals surface area (Å²) in [4.78, 5) is 12.6. The van der Waals surface area contributed by atoms with Gasteiger partial charge in [0.2, 0.25) is 5.88 Å². The van der Waals surface area contributed by atoms with Gasteiger partial charge in [-0.3, -0.25) is 0 Å². The molecule has 9 nitrogen and oxygen atoms in total. The molecule has 0 aliphatic carbocycles. The van der Waals surface area contributed by atoms with E-state index < -0.39 is 6.29 Å². The number of pyridine rings is 1. The van der Waals surface area contributed by atoms with E-state index in [9.17, 15) is 10.2 Å². The Kier molecular flexibility index (Phi) is 7.85. The molecule has 3 N–H and O–H groups in total. The third kappa shape index (κ3) is 5.83. The van der Waals surface area contributed by atoms with Crippen molar-refractivity contribution in [2.75, 3.05) is 46.7 Å². The number of likely N-dealkylation sites (N-methyl/N-ethyl adjacent to an activating group) is 1. The van der Waals surface area contributed by atoms with Crippen LogP contribution >= 0.6 is 0 Å². The van der Waals surface area contributed by atoms with E-state index in [2.05, 4.69) is 26.3 Å². The molecule has 0 radical (unpaired) electrons. The van der Waals surface area contributed by atoms with Gasteiger partial charge in [0.25, 0.3) is 0 Å². The van der Waals surface area contributed by atoms with E-state index in [4.69, 9.17) is 9.15 Å². The normalized spacial score (nSPS) is 14.7. The van der Waals surface area contributed by atoms with E-state index in [1.165, 1.54) is 5.56 Å². The summed E-state index contributed by atoms with van der Waals surface area (Å²) in [7, 11) is 7.88. The van der Waals surface area contributed by atoms with Gasteiger partial charge in [-0.2, -0.15) is 0 Å². The predicted octanol–water partition coefficient (Wildman–Crippen LogP) is 4.32. The Labute approximate surface area is 211 Å². The van der Waals surface area contributed by atoms with E-state index in [0.29, 0.717) is 12.4 Å². The smallest absolute Gasteiger partial charge is 0.210 e. The lowest BCUT2D eigenvalue weighted by molar-refractivity contribution is -0.105. The minimum absolute atomic E-state index is 0.138. The van der Waals surface area contributed by atoms with Crippen molar-refractivity contribution in [2.24, 2.45) is 4.99 Å². The van der Waals surface area contributed by atoms with E-state index in [0.717, 1.165) is 28.9 Å². The number of aliphatic imine (C=N–C) groups is 1. The predicted molar refractivity (Wildman–Crippen MR) is 142 cm³/mol. The molecular weight excluding hydrogens is 458 g/mol. The molecule has 0 bridgehead atoms. The van der Waals surface area contributed by atoms with Crippen molar-refractivity contribution in [1.29, 1.82) is 0 Å². The minimum Gasteiger partial charge on any atom is -0.504 e. The summed E-state index contributed by atoms with van der Waals surface area (Å²) in [5.41, 5.74) is 4.69. The first-order valence-electron chi connectivity index (χ1n) is 11.8. The van der Waals surface area contributed by atoms with Crippen LogP contribution in [0.3, 0.4) is 0 Å². The van der Waals surface area contributed by atoms with Gasteiger partial charge in [0.05, 0.1) is 6.61 Å². The number of aliphatic hydroxyl groups excluding tert-OH is 1. The molecule has 1 aliphatic heterocycles. The Morgan fingerprint density at radius 3 is 2.69 bits per heavy atom. The van der Waals surface area contributed by atoms with Crippen molar-refractivity contribution in [2.45, 2.75) is 19.8 Å². The van der Waals surface area contributed by atoms with Crippen LogP contribution in [0.2, 0.25) is 0 Å². The van der Waals surface area contributed by atoms with Gasteiger partial charge in [-0.25, -0.2) is 9.98 Å². The maximum Gasteiger partial charge on any atom is 0.210 e. The van der Waals surface area contributed by atoms with Crippen molar-refractivity contribution in [3.63, 3.8) is 0 Å². The highest BCUT2D eigenvalue weighted by Gasteiger charge is 2.27. The molecule has 3 aromatic rings. The number of nitrogens with one attached hydrogen (secondary N) is 1. The van der Waals surface area contributed by atoms with Gasteiger partial charge in [-0.15, -0.1) is 0 Å². The number of ether oxygens (including phenoxy) is 1. The molecule has 1 atom stereocenters. The SMILES string of the molecule is Cc1cc(CN(C)C)ccc1Nc1oc(C=C2C=Nc3ncccc32)c(O)c1C(O)OCCN(C)C. The van der Waals surface area contributed by atoms with Crippen LogP contribution in [0.15, 0.2) is 45.9 Å². The summed E-state index contributed by atoms with van der Waals surface area (Å²) in [6.07, 6.45) is 3.64. The van der Waals surface area contributed by atoms with Crippen LogP contribution in [0.1, 0.15) is 34.3 Å².